The largest absolute Gasteiger partial charge is 0.486 e. The number of benzene rings is 1. The van der Waals surface area contributed by atoms with E-state index in [4.69, 9.17) is 22.1 Å². The highest BCUT2D eigenvalue weighted by Gasteiger charge is 2.36. The Kier molecular flexibility index (Phi) is 12.2. The Balaban J connectivity index is 0.000000298. The van der Waals surface area contributed by atoms with Crippen molar-refractivity contribution in [1.82, 2.24) is 10.2 Å². The van der Waals surface area contributed by atoms with Gasteiger partial charge in [-0.1, -0.05) is 23.7 Å². The number of terminal acetylenes is 1. The van der Waals surface area contributed by atoms with Gasteiger partial charge in [0.1, 0.15) is 11.4 Å². The summed E-state index contributed by atoms with van der Waals surface area (Å²) in [6.45, 7) is 11.4. The molecule has 200 valence electrons. The van der Waals surface area contributed by atoms with Gasteiger partial charge in [-0.05, 0) is 59.4 Å². The fraction of sp³-hybridized carbons (Fsp3) is 0.593. The van der Waals surface area contributed by atoms with E-state index in [-0.39, 0.29) is 23.1 Å². The number of ether oxygens (including phenoxy) is 2. The maximum Gasteiger partial charge on any atom is 0.231 e. The summed E-state index contributed by atoms with van der Waals surface area (Å²) in [5.74, 6) is 1.86. The zero-order chi connectivity index (χ0) is 27.5. The lowest BCUT2D eigenvalue weighted by Gasteiger charge is -2.37. The van der Waals surface area contributed by atoms with Crippen LogP contribution in [-0.2, 0) is 14.3 Å². The standard InChI is InChI=1S/C12H14ClNO2.C10H17N3O.C3H8O.C2H2/c1-12(2)6-10(14-7-15)8-4-3-5-9(13)11(8)16-12;1-10(2)5-8(14)13(9(11)12-10)6-7-3-4-7;1-3-4-2;1-2/h3-5,7,10H,6H2,1-2H3,(H,14,15);7H,3-6H2,1-2H3,(H2,11,12);3H2,1-2H3;1-2H. The highest BCUT2D eigenvalue weighted by atomic mass is 35.5. The van der Waals surface area contributed by atoms with Crippen LogP contribution in [0.25, 0.3) is 0 Å². The molecule has 9 heteroatoms. The molecule has 1 fully saturated rings. The topological polar surface area (TPSA) is 106 Å². The molecule has 0 aromatic heterocycles. The third-order valence-electron chi connectivity index (χ3n) is 5.72. The van der Waals surface area contributed by atoms with Crippen molar-refractivity contribution in [2.75, 3.05) is 20.3 Å². The predicted octanol–water partition coefficient (Wildman–Crippen LogP) is 4.31. The van der Waals surface area contributed by atoms with Gasteiger partial charge in [0.05, 0.1) is 23.0 Å². The van der Waals surface area contributed by atoms with Gasteiger partial charge in [-0.3, -0.25) is 14.5 Å². The van der Waals surface area contributed by atoms with Crippen molar-refractivity contribution in [2.45, 2.75) is 77.5 Å². The summed E-state index contributed by atoms with van der Waals surface area (Å²) in [5.41, 5.74) is 6.08. The summed E-state index contributed by atoms with van der Waals surface area (Å²) in [4.78, 5) is 28.3. The molecule has 0 saturated heterocycles. The third kappa shape index (κ3) is 9.71. The number of rotatable bonds is 5. The van der Waals surface area contributed by atoms with Gasteiger partial charge in [0.15, 0.2) is 5.96 Å². The minimum absolute atomic E-state index is 0.0325. The monoisotopic (exact) mass is 520 g/mol. The van der Waals surface area contributed by atoms with E-state index in [0.717, 1.165) is 31.5 Å². The highest BCUT2D eigenvalue weighted by Crippen LogP contribution is 2.43. The molecular formula is C27H41ClN4O4. The molecule has 8 nitrogen and oxygen atoms in total. The van der Waals surface area contributed by atoms with Crippen molar-refractivity contribution in [3.05, 3.63) is 28.8 Å². The number of nitrogens with two attached hydrogens (primary N) is 1. The number of nitrogens with one attached hydrogen (secondary N) is 1. The number of carbonyl (C=O) groups is 2. The van der Waals surface area contributed by atoms with E-state index in [0.29, 0.717) is 29.1 Å². The quantitative estimate of drug-likeness (QED) is 0.444. The number of methoxy groups -OCH3 is 1. The van der Waals surface area contributed by atoms with Crippen molar-refractivity contribution in [3.8, 4) is 18.6 Å². The summed E-state index contributed by atoms with van der Waals surface area (Å²) in [7, 11) is 1.68. The van der Waals surface area contributed by atoms with Gasteiger partial charge in [0, 0.05) is 32.2 Å². The van der Waals surface area contributed by atoms with E-state index in [1.165, 1.54) is 12.8 Å². The van der Waals surface area contributed by atoms with Crippen LogP contribution in [0.1, 0.15) is 71.9 Å². The Bertz CT molecular complexity index is 924. The Hall–Kier alpha value is -2.76. The maximum atomic E-state index is 11.7. The summed E-state index contributed by atoms with van der Waals surface area (Å²) >= 11 is 6.09. The van der Waals surface area contributed by atoms with Gasteiger partial charge in [0.2, 0.25) is 12.3 Å². The molecule has 2 heterocycles. The number of guanidine groups is 1. The van der Waals surface area contributed by atoms with Crippen LogP contribution < -0.4 is 15.8 Å². The fourth-order valence-electron chi connectivity index (χ4n) is 3.82. The normalized spacial score (nSPS) is 20.8. The molecule has 1 atom stereocenters. The van der Waals surface area contributed by atoms with Gasteiger partial charge in [-0.25, -0.2) is 4.99 Å². The van der Waals surface area contributed by atoms with E-state index in [1.54, 1.807) is 18.1 Å². The van der Waals surface area contributed by atoms with Crippen LogP contribution in [0.4, 0.5) is 0 Å². The van der Waals surface area contributed by atoms with Gasteiger partial charge in [-0.2, -0.15) is 0 Å². The van der Waals surface area contributed by atoms with Crippen molar-refractivity contribution in [1.29, 1.82) is 0 Å². The van der Waals surface area contributed by atoms with Gasteiger partial charge in [-0.15, -0.1) is 12.8 Å². The van der Waals surface area contributed by atoms with E-state index < -0.39 is 0 Å². The molecule has 1 aromatic carbocycles. The zero-order valence-electron chi connectivity index (χ0n) is 22.3. The lowest BCUT2D eigenvalue weighted by atomic mass is 9.90. The second kappa shape index (κ2) is 14.1. The van der Waals surface area contributed by atoms with Crippen LogP contribution in [0.5, 0.6) is 5.75 Å². The lowest BCUT2D eigenvalue weighted by Crippen LogP contribution is -2.50. The molecule has 0 spiro atoms. The maximum absolute atomic E-state index is 11.7. The van der Waals surface area contributed by atoms with Crippen molar-refractivity contribution in [3.63, 3.8) is 0 Å². The number of aliphatic imine (C=N–C) groups is 1. The minimum Gasteiger partial charge on any atom is -0.486 e. The minimum atomic E-state index is -0.321. The molecule has 1 saturated carbocycles. The molecule has 1 aromatic rings. The first-order valence-corrected chi connectivity index (χ1v) is 12.5. The van der Waals surface area contributed by atoms with E-state index >= 15 is 0 Å². The molecule has 3 aliphatic rings. The number of fused-ring (bicyclic) bond motifs is 1. The Morgan fingerprint density at radius 2 is 1.92 bits per heavy atom. The molecule has 1 unspecified atom stereocenters. The molecule has 3 N–H and O–H groups in total. The van der Waals surface area contributed by atoms with Gasteiger partial charge in [0.25, 0.3) is 0 Å². The number of nitrogens with zero attached hydrogens (tertiary/aromatic N) is 2. The molecule has 1 aliphatic carbocycles. The molecule has 2 amide bonds. The molecule has 4 rings (SSSR count). The predicted molar refractivity (Wildman–Crippen MR) is 145 cm³/mol. The van der Waals surface area contributed by atoms with Crippen LogP contribution in [0.3, 0.4) is 0 Å². The van der Waals surface area contributed by atoms with E-state index in [1.807, 2.05) is 46.8 Å². The van der Waals surface area contributed by atoms with Crippen LogP contribution in [0, 0.1) is 18.8 Å². The first-order chi connectivity index (χ1) is 16.9. The summed E-state index contributed by atoms with van der Waals surface area (Å²) in [6.07, 6.45) is 12.4. The highest BCUT2D eigenvalue weighted by molar-refractivity contribution is 6.32. The third-order valence-corrected chi connectivity index (χ3v) is 6.02. The van der Waals surface area contributed by atoms with Crippen molar-refractivity contribution in [2.24, 2.45) is 16.6 Å². The number of hydrogen-bond acceptors (Lipinski definition) is 6. The number of hydrogen-bond donors (Lipinski definition) is 2. The van der Waals surface area contributed by atoms with Gasteiger partial charge >= 0.3 is 0 Å². The SMILES string of the molecule is C#C.CC1(C)CC(=O)N(CC2CC2)C(N)=N1.CC1(C)CC(NC=O)c2cccc(Cl)c2O1.CCOC. The lowest BCUT2D eigenvalue weighted by molar-refractivity contribution is -0.129. The average molecular weight is 521 g/mol. The molecular weight excluding hydrogens is 480 g/mol. The number of carbonyl (C=O) groups excluding carboxylic acids is 2. The summed E-state index contributed by atoms with van der Waals surface area (Å²) in [6, 6.07) is 5.55. The van der Waals surface area contributed by atoms with Crippen LogP contribution in [0.2, 0.25) is 5.02 Å². The number of halogens is 1. The van der Waals surface area contributed by atoms with Gasteiger partial charge < -0.3 is 20.5 Å². The van der Waals surface area contributed by atoms with Crippen LogP contribution in [-0.4, -0.2) is 54.6 Å². The Morgan fingerprint density at radius 3 is 2.42 bits per heavy atom. The van der Waals surface area contributed by atoms with E-state index in [2.05, 4.69) is 27.9 Å². The Morgan fingerprint density at radius 1 is 1.31 bits per heavy atom. The summed E-state index contributed by atoms with van der Waals surface area (Å²) < 4.78 is 10.4. The van der Waals surface area contributed by atoms with Crippen molar-refractivity contribution < 1.29 is 19.1 Å². The van der Waals surface area contributed by atoms with Crippen LogP contribution in [0.15, 0.2) is 23.2 Å². The Labute approximate surface area is 220 Å². The van der Waals surface area contributed by atoms with Crippen molar-refractivity contribution >= 4 is 29.9 Å². The van der Waals surface area contributed by atoms with Crippen LogP contribution >= 0.6 is 11.6 Å². The number of para-hydroxylation sites is 1. The molecule has 2 aliphatic heterocycles. The fourth-order valence-corrected chi connectivity index (χ4v) is 4.04. The first-order valence-electron chi connectivity index (χ1n) is 12.1. The zero-order valence-corrected chi connectivity index (χ0v) is 23.1. The first kappa shape index (κ1) is 31.3. The second-order valence-electron chi connectivity index (χ2n) is 10.0. The molecule has 0 radical (unpaired) electrons. The average Bonchev–Trinajstić information content (AvgIpc) is 3.63. The summed E-state index contributed by atoms with van der Waals surface area (Å²) in [5, 5.41) is 3.39. The smallest absolute Gasteiger partial charge is 0.231 e. The van der Waals surface area contributed by atoms with E-state index in [9.17, 15) is 9.59 Å². The molecule has 0 bridgehead atoms. The second-order valence-corrected chi connectivity index (χ2v) is 10.5. The number of amides is 2. The molecule has 36 heavy (non-hydrogen) atoms.